The number of aryl methyl sites for hydroxylation is 4. The van der Waals surface area contributed by atoms with Gasteiger partial charge in [-0.25, -0.2) is 4.98 Å². The van der Waals surface area contributed by atoms with E-state index in [1.807, 2.05) is 17.5 Å². The molecule has 0 saturated heterocycles. The first kappa shape index (κ1) is 13.2. The number of rotatable bonds is 5. The average molecular weight is 258 g/mol. The van der Waals surface area contributed by atoms with Crippen LogP contribution in [0.3, 0.4) is 0 Å². The number of nitrogens with zero attached hydrogens (tertiary/aromatic N) is 1. The van der Waals surface area contributed by atoms with E-state index in [2.05, 4.69) is 44.0 Å². The van der Waals surface area contributed by atoms with Gasteiger partial charge in [0.2, 0.25) is 0 Å². The van der Waals surface area contributed by atoms with Gasteiger partial charge in [0.05, 0.1) is 5.01 Å². The van der Waals surface area contributed by atoms with Gasteiger partial charge >= 0.3 is 0 Å². The molecule has 0 bridgehead atoms. The van der Waals surface area contributed by atoms with E-state index in [4.69, 9.17) is 0 Å². The van der Waals surface area contributed by atoms with Crippen LogP contribution in [0, 0.1) is 6.92 Å². The van der Waals surface area contributed by atoms with Gasteiger partial charge in [-0.15, -0.1) is 22.5 Å². The Hall–Kier alpha value is -1.28. The van der Waals surface area contributed by atoms with E-state index in [1.165, 1.54) is 21.0 Å². The maximum Gasteiger partial charge on any atom is 0.0930 e. The molecule has 96 valence electrons. The molecule has 1 aromatic carbocycles. The van der Waals surface area contributed by atoms with E-state index in [-0.39, 0.29) is 0 Å². The van der Waals surface area contributed by atoms with Crippen molar-refractivity contribution >= 4 is 11.3 Å². The molecule has 0 aliphatic heterocycles. The van der Waals surface area contributed by atoms with Crippen LogP contribution in [-0.4, -0.2) is 4.98 Å². The Morgan fingerprint density at radius 2 is 1.83 bits per heavy atom. The van der Waals surface area contributed by atoms with Crippen LogP contribution in [0.15, 0.2) is 24.4 Å². The Morgan fingerprint density at radius 3 is 2.50 bits per heavy atom. The molecule has 0 saturated carbocycles. The Morgan fingerprint density at radius 1 is 1.06 bits per heavy atom. The zero-order chi connectivity index (χ0) is 13.0. The van der Waals surface area contributed by atoms with Crippen molar-refractivity contribution in [3.05, 3.63) is 57.9 Å². The third-order valence-electron chi connectivity index (χ3n) is 3.10. The van der Waals surface area contributed by atoms with Gasteiger partial charge in [-0.05, 0) is 19.3 Å². The minimum absolute atomic E-state index is 1.04. The maximum absolute atomic E-state index is 4.47. The monoisotopic (exact) mass is 258 g/mol. The minimum Gasteiger partial charge on any atom is -0.249 e. The summed E-state index contributed by atoms with van der Waals surface area (Å²) in [6.45, 7) is 8.41. The van der Waals surface area contributed by atoms with Gasteiger partial charge in [0, 0.05) is 17.5 Å². The molecule has 0 N–H and O–H groups in total. The van der Waals surface area contributed by atoms with Gasteiger partial charge in [-0.3, -0.25) is 0 Å². The second-order valence-corrected chi connectivity index (χ2v) is 5.78. The molecule has 0 fully saturated rings. The predicted octanol–water partition coefficient (Wildman–Crippen LogP) is 4.24. The van der Waals surface area contributed by atoms with Crippen molar-refractivity contribution in [3.63, 3.8) is 0 Å². The van der Waals surface area contributed by atoms with E-state index in [9.17, 15) is 0 Å². The van der Waals surface area contributed by atoms with Gasteiger partial charge in [0.25, 0.3) is 0 Å². The standard InChI is InChI=1S/C16H20NS/c1-4-13-8-12(3)9-14(10-13)6-7-16-17-11-15(5-2)18-16/h8-11H,3-7H2,1-2H3/q-1. The van der Waals surface area contributed by atoms with Crippen LogP contribution in [0.1, 0.15) is 40.4 Å². The molecule has 2 heteroatoms. The molecular weight excluding hydrogens is 238 g/mol. The zero-order valence-electron chi connectivity index (χ0n) is 11.2. The molecule has 0 amide bonds. The second kappa shape index (κ2) is 6.05. The van der Waals surface area contributed by atoms with Crippen LogP contribution < -0.4 is 0 Å². The topological polar surface area (TPSA) is 12.9 Å². The van der Waals surface area contributed by atoms with Gasteiger partial charge < -0.3 is 0 Å². The second-order valence-electron chi connectivity index (χ2n) is 4.59. The summed E-state index contributed by atoms with van der Waals surface area (Å²) in [7, 11) is 0. The highest BCUT2D eigenvalue weighted by molar-refractivity contribution is 7.11. The van der Waals surface area contributed by atoms with Crippen molar-refractivity contribution in [1.29, 1.82) is 0 Å². The van der Waals surface area contributed by atoms with Crippen LogP contribution in [0.2, 0.25) is 0 Å². The van der Waals surface area contributed by atoms with Gasteiger partial charge in [-0.2, -0.15) is 24.6 Å². The van der Waals surface area contributed by atoms with Gasteiger partial charge in [0.1, 0.15) is 0 Å². The fourth-order valence-corrected chi connectivity index (χ4v) is 2.93. The van der Waals surface area contributed by atoms with E-state index >= 15 is 0 Å². The molecule has 0 spiro atoms. The lowest BCUT2D eigenvalue weighted by Crippen LogP contribution is -1.93. The smallest absolute Gasteiger partial charge is 0.0930 e. The molecule has 1 aromatic heterocycles. The van der Waals surface area contributed by atoms with E-state index in [0.29, 0.717) is 0 Å². The van der Waals surface area contributed by atoms with Crippen molar-refractivity contribution in [2.45, 2.75) is 39.5 Å². The molecule has 2 rings (SSSR count). The maximum atomic E-state index is 4.47. The summed E-state index contributed by atoms with van der Waals surface area (Å²) in [5.41, 5.74) is 3.89. The third-order valence-corrected chi connectivity index (χ3v) is 4.30. The Labute approximate surface area is 114 Å². The predicted molar refractivity (Wildman–Crippen MR) is 79.2 cm³/mol. The van der Waals surface area contributed by atoms with E-state index in [1.54, 1.807) is 0 Å². The van der Waals surface area contributed by atoms with Crippen molar-refractivity contribution in [1.82, 2.24) is 4.98 Å². The summed E-state index contributed by atoms with van der Waals surface area (Å²) in [6, 6.07) is 6.65. The highest BCUT2D eigenvalue weighted by atomic mass is 32.1. The Kier molecular flexibility index (Phi) is 4.43. The first-order chi connectivity index (χ1) is 8.71. The Bertz CT molecular complexity index is 514. The molecule has 0 aliphatic carbocycles. The first-order valence-corrected chi connectivity index (χ1v) is 7.41. The highest BCUT2D eigenvalue weighted by Gasteiger charge is 2.01. The van der Waals surface area contributed by atoms with Crippen molar-refractivity contribution in [2.75, 3.05) is 0 Å². The number of aromatic nitrogens is 1. The summed E-state index contributed by atoms with van der Waals surface area (Å²) in [4.78, 5) is 5.85. The fourth-order valence-electron chi connectivity index (χ4n) is 2.07. The van der Waals surface area contributed by atoms with E-state index < -0.39 is 0 Å². The Balaban J connectivity index is 2.03. The number of hydrogen-bond acceptors (Lipinski definition) is 2. The molecule has 18 heavy (non-hydrogen) atoms. The van der Waals surface area contributed by atoms with Crippen molar-refractivity contribution < 1.29 is 0 Å². The van der Waals surface area contributed by atoms with Crippen molar-refractivity contribution in [3.8, 4) is 0 Å². The number of thiazole rings is 1. The van der Waals surface area contributed by atoms with Crippen molar-refractivity contribution in [2.24, 2.45) is 0 Å². The third kappa shape index (κ3) is 3.36. The number of benzene rings is 1. The lowest BCUT2D eigenvalue weighted by molar-refractivity contribution is 0.937. The summed E-state index contributed by atoms with van der Waals surface area (Å²) in [5.74, 6) is 0. The molecule has 0 radical (unpaired) electrons. The van der Waals surface area contributed by atoms with Gasteiger partial charge in [0.15, 0.2) is 0 Å². The normalized spacial score (nSPS) is 10.8. The van der Waals surface area contributed by atoms with Crippen LogP contribution in [0.5, 0.6) is 0 Å². The molecule has 0 atom stereocenters. The quantitative estimate of drug-likeness (QED) is 0.731. The van der Waals surface area contributed by atoms with Gasteiger partial charge in [-0.1, -0.05) is 19.9 Å². The zero-order valence-corrected chi connectivity index (χ0v) is 12.0. The molecule has 2 aromatic rings. The molecule has 1 heterocycles. The molecule has 1 nitrogen and oxygen atoms in total. The van der Waals surface area contributed by atoms with Crippen LogP contribution >= 0.6 is 11.3 Å². The minimum atomic E-state index is 1.04. The SMILES string of the molecule is [CH2-]c1cc(CC)cc(CCc2ncc(CC)s2)c1. The summed E-state index contributed by atoms with van der Waals surface area (Å²) in [5, 5.41) is 1.25. The molecule has 0 unspecified atom stereocenters. The van der Waals surface area contributed by atoms with E-state index in [0.717, 1.165) is 31.2 Å². The van der Waals surface area contributed by atoms with Crippen LogP contribution in [0.25, 0.3) is 0 Å². The average Bonchev–Trinajstić information content (AvgIpc) is 2.83. The number of hydrogen-bond donors (Lipinski definition) is 0. The summed E-state index contributed by atoms with van der Waals surface area (Å²) < 4.78 is 0. The fraction of sp³-hybridized carbons (Fsp3) is 0.375. The lowest BCUT2D eigenvalue weighted by Gasteiger charge is -2.11. The summed E-state index contributed by atoms with van der Waals surface area (Å²) in [6.07, 6.45) is 6.28. The lowest BCUT2D eigenvalue weighted by atomic mass is 10.0. The highest BCUT2D eigenvalue weighted by Crippen LogP contribution is 2.17. The largest absolute Gasteiger partial charge is 0.249 e. The van der Waals surface area contributed by atoms with Crippen LogP contribution in [-0.2, 0) is 25.7 Å². The summed E-state index contributed by atoms with van der Waals surface area (Å²) >= 11 is 1.84. The van der Waals surface area contributed by atoms with Crippen LogP contribution in [0.4, 0.5) is 0 Å². The first-order valence-electron chi connectivity index (χ1n) is 6.59. The molecular formula is C16H20NS-. The molecule has 0 aliphatic rings.